The van der Waals surface area contributed by atoms with Crippen molar-refractivity contribution < 1.29 is 9.18 Å². The predicted octanol–water partition coefficient (Wildman–Crippen LogP) is 3.44. The van der Waals surface area contributed by atoms with Crippen LogP contribution in [-0.2, 0) is 0 Å². The number of rotatable bonds is 7. The summed E-state index contributed by atoms with van der Waals surface area (Å²) in [5.74, 6) is -0.294. The monoisotopic (exact) mass is 370 g/mol. The minimum absolute atomic E-state index is 0.137. The number of nitrogens with one attached hydrogen (secondary N) is 1. The number of hydrogen-bond donors (Lipinski definition) is 1. The maximum Gasteiger partial charge on any atom is 0.317 e. The van der Waals surface area contributed by atoms with Crippen molar-refractivity contribution in [3.8, 4) is 0 Å². The highest BCUT2D eigenvalue weighted by atomic mass is 19.1. The van der Waals surface area contributed by atoms with Gasteiger partial charge in [-0.15, -0.1) is 0 Å². The van der Waals surface area contributed by atoms with E-state index in [0.717, 1.165) is 24.1 Å². The summed E-state index contributed by atoms with van der Waals surface area (Å²) in [5, 5.41) is 3.07. The van der Waals surface area contributed by atoms with Crippen molar-refractivity contribution in [1.29, 1.82) is 0 Å². The van der Waals surface area contributed by atoms with Gasteiger partial charge in [-0.3, -0.25) is 4.98 Å². The first-order valence-corrected chi connectivity index (χ1v) is 9.53. The van der Waals surface area contributed by atoms with Crippen molar-refractivity contribution in [3.05, 3.63) is 65.7 Å². The van der Waals surface area contributed by atoms with Gasteiger partial charge in [-0.25, -0.2) is 9.18 Å². The summed E-state index contributed by atoms with van der Waals surface area (Å²) in [7, 11) is 1.81. The van der Waals surface area contributed by atoms with Gasteiger partial charge in [0.25, 0.3) is 0 Å². The van der Waals surface area contributed by atoms with E-state index < -0.39 is 0 Å². The Morgan fingerprint density at radius 2 is 1.78 bits per heavy atom. The average molecular weight is 370 g/mol. The SMILES string of the molecule is CN(CCCN1CCCC1)C(=O)NC(c1ccncc1)c1ccc(F)cc1. The number of amides is 2. The van der Waals surface area contributed by atoms with Crippen LogP contribution in [0, 0.1) is 5.82 Å². The Hall–Kier alpha value is -2.47. The maximum atomic E-state index is 13.3. The second-order valence-electron chi connectivity index (χ2n) is 7.04. The van der Waals surface area contributed by atoms with Gasteiger partial charge in [0.1, 0.15) is 5.82 Å². The highest BCUT2D eigenvalue weighted by Gasteiger charge is 2.19. The third-order valence-electron chi connectivity index (χ3n) is 5.02. The van der Waals surface area contributed by atoms with Crippen LogP contribution < -0.4 is 5.32 Å². The van der Waals surface area contributed by atoms with Crippen LogP contribution in [0.2, 0.25) is 0 Å². The van der Waals surface area contributed by atoms with Gasteiger partial charge in [-0.1, -0.05) is 12.1 Å². The molecular weight excluding hydrogens is 343 g/mol. The third kappa shape index (κ3) is 5.50. The number of pyridine rings is 1. The lowest BCUT2D eigenvalue weighted by atomic mass is 10.00. The molecule has 2 aromatic rings. The molecular formula is C21H27FN4O. The van der Waals surface area contributed by atoms with Crippen molar-refractivity contribution in [3.63, 3.8) is 0 Å². The summed E-state index contributed by atoms with van der Waals surface area (Å²) in [6.07, 6.45) is 6.90. The third-order valence-corrected chi connectivity index (χ3v) is 5.02. The van der Waals surface area contributed by atoms with E-state index in [1.807, 2.05) is 19.2 Å². The Morgan fingerprint density at radius 3 is 2.44 bits per heavy atom. The Labute approximate surface area is 160 Å². The van der Waals surface area contributed by atoms with Crippen LogP contribution in [0.5, 0.6) is 0 Å². The van der Waals surface area contributed by atoms with Crippen molar-refractivity contribution in [2.24, 2.45) is 0 Å². The number of carbonyl (C=O) groups is 1. The fraction of sp³-hybridized carbons (Fsp3) is 0.429. The largest absolute Gasteiger partial charge is 0.328 e. The molecule has 5 nitrogen and oxygen atoms in total. The van der Waals surface area contributed by atoms with Gasteiger partial charge in [-0.2, -0.15) is 0 Å². The number of carbonyl (C=O) groups excluding carboxylic acids is 1. The number of hydrogen-bond acceptors (Lipinski definition) is 3. The minimum atomic E-state index is -0.345. The molecule has 0 saturated carbocycles. The number of likely N-dealkylation sites (tertiary alicyclic amines) is 1. The van der Waals surface area contributed by atoms with Crippen molar-refractivity contribution in [1.82, 2.24) is 20.1 Å². The lowest BCUT2D eigenvalue weighted by Crippen LogP contribution is -2.40. The number of urea groups is 1. The molecule has 2 heterocycles. The average Bonchev–Trinajstić information content (AvgIpc) is 3.21. The van der Waals surface area contributed by atoms with E-state index in [-0.39, 0.29) is 17.9 Å². The summed E-state index contributed by atoms with van der Waals surface area (Å²) in [6.45, 7) is 4.08. The van der Waals surface area contributed by atoms with Crippen LogP contribution in [0.1, 0.15) is 36.4 Å². The van der Waals surface area contributed by atoms with E-state index in [9.17, 15) is 9.18 Å². The lowest BCUT2D eigenvalue weighted by molar-refractivity contribution is 0.203. The minimum Gasteiger partial charge on any atom is -0.328 e. The van der Waals surface area contributed by atoms with Crippen LogP contribution >= 0.6 is 0 Å². The zero-order chi connectivity index (χ0) is 19.1. The molecule has 0 spiro atoms. The molecule has 1 N–H and O–H groups in total. The molecule has 0 aliphatic carbocycles. The normalized spacial score (nSPS) is 15.5. The summed E-state index contributed by atoms with van der Waals surface area (Å²) in [5.41, 5.74) is 1.75. The fourth-order valence-corrected chi connectivity index (χ4v) is 3.44. The molecule has 0 radical (unpaired) electrons. The topological polar surface area (TPSA) is 48.5 Å². The predicted molar refractivity (Wildman–Crippen MR) is 104 cm³/mol. The zero-order valence-electron chi connectivity index (χ0n) is 15.8. The van der Waals surface area contributed by atoms with Gasteiger partial charge in [-0.05, 0) is 74.3 Å². The van der Waals surface area contributed by atoms with Gasteiger partial charge < -0.3 is 15.1 Å². The van der Waals surface area contributed by atoms with Crippen LogP contribution in [-0.4, -0.2) is 54.0 Å². The summed E-state index contributed by atoms with van der Waals surface area (Å²) < 4.78 is 13.3. The first-order valence-electron chi connectivity index (χ1n) is 9.53. The molecule has 2 amide bonds. The Bertz CT molecular complexity index is 717. The van der Waals surface area contributed by atoms with E-state index in [1.165, 1.54) is 38.1 Å². The summed E-state index contributed by atoms with van der Waals surface area (Å²) >= 11 is 0. The molecule has 1 unspecified atom stereocenters. The molecule has 0 bridgehead atoms. The highest BCUT2D eigenvalue weighted by molar-refractivity contribution is 5.75. The van der Waals surface area contributed by atoms with Gasteiger partial charge in [0, 0.05) is 26.0 Å². The van der Waals surface area contributed by atoms with Gasteiger partial charge in [0.2, 0.25) is 0 Å². The van der Waals surface area contributed by atoms with Crippen molar-refractivity contribution >= 4 is 6.03 Å². The molecule has 3 rings (SSSR count). The molecule has 144 valence electrons. The lowest BCUT2D eigenvalue weighted by Gasteiger charge is -2.25. The summed E-state index contributed by atoms with van der Waals surface area (Å²) in [6, 6.07) is 9.47. The maximum absolute atomic E-state index is 13.3. The summed E-state index contributed by atoms with van der Waals surface area (Å²) in [4.78, 5) is 20.9. The van der Waals surface area contributed by atoms with Gasteiger partial charge in [0.05, 0.1) is 6.04 Å². The smallest absolute Gasteiger partial charge is 0.317 e. The first kappa shape index (κ1) is 19.3. The Morgan fingerprint density at radius 1 is 1.15 bits per heavy atom. The first-order chi connectivity index (χ1) is 13.1. The molecule has 1 aromatic carbocycles. The highest BCUT2D eigenvalue weighted by Crippen LogP contribution is 2.22. The quantitative estimate of drug-likeness (QED) is 0.812. The van der Waals surface area contributed by atoms with Crippen LogP contribution in [0.3, 0.4) is 0 Å². The molecule has 6 heteroatoms. The molecule has 27 heavy (non-hydrogen) atoms. The number of halogens is 1. The van der Waals surface area contributed by atoms with Crippen LogP contribution in [0.15, 0.2) is 48.8 Å². The molecule has 1 aromatic heterocycles. The van der Waals surface area contributed by atoms with Gasteiger partial charge >= 0.3 is 6.03 Å². The zero-order valence-corrected chi connectivity index (χ0v) is 15.8. The van der Waals surface area contributed by atoms with Crippen LogP contribution in [0.25, 0.3) is 0 Å². The van der Waals surface area contributed by atoms with E-state index >= 15 is 0 Å². The Kier molecular flexibility index (Phi) is 6.76. The van der Waals surface area contributed by atoms with E-state index in [1.54, 1.807) is 29.4 Å². The van der Waals surface area contributed by atoms with E-state index in [2.05, 4.69) is 15.2 Å². The number of benzene rings is 1. The van der Waals surface area contributed by atoms with E-state index in [0.29, 0.717) is 6.54 Å². The van der Waals surface area contributed by atoms with Crippen molar-refractivity contribution in [2.45, 2.75) is 25.3 Å². The standard InChI is InChI=1S/C21H27FN4O/c1-25(13-4-16-26-14-2-3-15-26)21(27)24-20(18-9-11-23-12-10-18)17-5-7-19(22)8-6-17/h5-12,20H,2-4,13-16H2,1H3,(H,24,27). The molecule has 1 atom stereocenters. The second-order valence-corrected chi connectivity index (χ2v) is 7.04. The molecule has 1 fully saturated rings. The van der Waals surface area contributed by atoms with Crippen LogP contribution in [0.4, 0.5) is 9.18 Å². The van der Waals surface area contributed by atoms with Gasteiger partial charge in [0.15, 0.2) is 0 Å². The van der Waals surface area contributed by atoms with E-state index in [4.69, 9.17) is 0 Å². The number of nitrogens with zero attached hydrogens (tertiary/aromatic N) is 3. The molecule has 1 aliphatic heterocycles. The fourth-order valence-electron chi connectivity index (χ4n) is 3.44. The van der Waals surface area contributed by atoms with Crippen molar-refractivity contribution in [2.75, 3.05) is 33.2 Å². The molecule has 1 aliphatic rings. The second kappa shape index (κ2) is 9.46. The Balaban J connectivity index is 1.62. The molecule has 1 saturated heterocycles. The number of aromatic nitrogens is 1.